The first-order valence-electron chi connectivity index (χ1n) is 6.64. The fourth-order valence-corrected chi connectivity index (χ4v) is 1.64. The zero-order chi connectivity index (χ0) is 15.2. The van der Waals surface area contributed by atoms with Crippen LogP contribution < -0.4 is 19.5 Å². The molecule has 5 heteroatoms. The third-order valence-corrected chi connectivity index (χ3v) is 2.67. The van der Waals surface area contributed by atoms with Gasteiger partial charge in [-0.2, -0.15) is 0 Å². The number of benzene rings is 1. The first-order valence-corrected chi connectivity index (χ1v) is 6.64. The highest BCUT2D eigenvalue weighted by Crippen LogP contribution is 2.36. The zero-order valence-electron chi connectivity index (χ0n) is 12.9. The van der Waals surface area contributed by atoms with Gasteiger partial charge in [0.15, 0.2) is 11.5 Å². The predicted molar refractivity (Wildman–Crippen MR) is 78.8 cm³/mol. The summed E-state index contributed by atoms with van der Waals surface area (Å²) in [5.74, 6) is 1.69. The monoisotopic (exact) mass is 283 g/mol. The van der Waals surface area contributed by atoms with E-state index in [2.05, 4.69) is 5.32 Å². The lowest BCUT2D eigenvalue weighted by molar-refractivity contribution is 0.0982. The highest BCUT2D eigenvalue weighted by atomic mass is 16.5. The third kappa shape index (κ3) is 5.27. The first-order chi connectivity index (χ1) is 9.37. The Labute approximate surface area is 120 Å². The number of β-amino-alcohol motifs (C(OH)–C–C–N with tert-alkyl or cyclic N) is 1. The Morgan fingerprint density at radius 2 is 1.80 bits per heavy atom. The van der Waals surface area contributed by atoms with Gasteiger partial charge in [0.1, 0.15) is 12.7 Å². The first kappa shape index (κ1) is 16.6. The molecule has 0 aliphatic carbocycles. The predicted octanol–water partition coefficient (Wildman–Crippen LogP) is 1.83. The van der Waals surface area contributed by atoms with Crippen LogP contribution in [-0.4, -0.2) is 44.1 Å². The Bertz CT molecular complexity index is 415. The van der Waals surface area contributed by atoms with Gasteiger partial charge in [-0.25, -0.2) is 0 Å². The van der Waals surface area contributed by atoms with Crippen molar-refractivity contribution >= 4 is 0 Å². The lowest BCUT2D eigenvalue weighted by Crippen LogP contribution is -2.42. The molecule has 0 heterocycles. The topological polar surface area (TPSA) is 60.0 Å². The van der Waals surface area contributed by atoms with Gasteiger partial charge in [-0.15, -0.1) is 0 Å². The fraction of sp³-hybridized carbons (Fsp3) is 0.600. The molecule has 1 unspecified atom stereocenters. The lowest BCUT2D eigenvalue weighted by atomic mass is 10.1. The SMILES string of the molecule is COc1cccc(OCC(O)CNC(C)(C)C)c1OC. The second kappa shape index (κ2) is 7.36. The number of rotatable bonds is 7. The van der Waals surface area contributed by atoms with Crippen molar-refractivity contribution in [2.45, 2.75) is 32.4 Å². The molecule has 0 aliphatic rings. The molecule has 0 bridgehead atoms. The van der Waals surface area contributed by atoms with Crippen LogP contribution in [0.15, 0.2) is 18.2 Å². The Kier molecular flexibility index (Phi) is 6.10. The van der Waals surface area contributed by atoms with Crippen molar-refractivity contribution in [2.75, 3.05) is 27.4 Å². The molecule has 1 rings (SSSR count). The average Bonchev–Trinajstić information content (AvgIpc) is 2.41. The van der Waals surface area contributed by atoms with Gasteiger partial charge in [0, 0.05) is 12.1 Å². The van der Waals surface area contributed by atoms with Gasteiger partial charge in [0.2, 0.25) is 5.75 Å². The number of nitrogens with one attached hydrogen (secondary N) is 1. The van der Waals surface area contributed by atoms with E-state index in [1.165, 1.54) is 0 Å². The number of para-hydroxylation sites is 1. The largest absolute Gasteiger partial charge is 0.493 e. The number of aliphatic hydroxyl groups is 1. The Hall–Kier alpha value is -1.46. The number of aliphatic hydroxyl groups excluding tert-OH is 1. The minimum atomic E-state index is -0.592. The van der Waals surface area contributed by atoms with E-state index in [-0.39, 0.29) is 12.1 Å². The highest BCUT2D eigenvalue weighted by molar-refractivity contribution is 5.51. The molecule has 0 saturated heterocycles. The van der Waals surface area contributed by atoms with Crippen molar-refractivity contribution in [3.05, 3.63) is 18.2 Å². The lowest BCUT2D eigenvalue weighted by Gasteiger charge is -2.23. The van der Waals surface area contributed by atoms with Crippen LogP contribution in [0.4, 0.5) is 0 Å². The summed E-state index contributed by atoms with van der Waals surface area (Å²) < 4.78 is 16.1. The normalized spacial score (nSPS) is 12.9. The summed E-state index contributed by atoms with van der Waals surface area (Å²) in [6, 6.07) is 5.39. The molecular formula is C15H25NO4. The van der Waals surface area contributed by atoms with Crippen LogP contribution in [0.25, 0.3) is 0 Å². The zero-order valence-corrected chi connectivity index (χ0v) is 12.9. The molecule has 114 valence electrons. The van der Waals surface area contributed by atoms with Gasteiger partial charge in [-0.05, 0) is 32.9 Å². The third-order valence-electron chi connectivity index (χ3n) is 2.67. The highest BCUT2D eigenvalue weighted by Gasteiger charge is 2.15. The van der Waals surface area contributed by atoms with Crippen LogP contribution in [0.1, 0.15) is 20.8 Å². The Morgan fingerprint density at radius 1 is 1.15 bits per heavy atom. The smallest absolute Gasteiger partial charge is 0.203 e. The van der Waals surface area contributed by atoms with E-state index in [0.717, 1.165) is 0 Å². The van der Waals surface area contributed by atoms with Crippen LogP contribution in [0.5, 0.6) is 17.2 Å². The van der Waals surface area contributed by atoms with Gasteiger partial charge in [-0.3, -0.25) is 0 Å². The molecule has 20 heavy (non-hydrogen) atoms. The maximum atomic E-state index is 9.90. The van der Waals surface area contributed by atoms with Crippen molar-refractivity contribution in [1.29, 1.82) is 0 Å². The summed E-state index contributed by atoms with van der Waals surface area (Å²) in [6.07, 6.45) is -0.592. The second-order valence-electron chi connectivity index (χ2n) is 5.59. The maximum Gasteiger partial charge on any atom is 0.203 e. The van der Waals surface area contributed by atoms with Crippen molar-refractivity contribution in [3.63, 3.8) is 0 Å². The Balaban J connectivity index is 2.57. The van der Waals surface area contributed by atoms with Crippen molar-refractivity contribution in [3.8, 4) is 17.2 Å². The van der Waals surface area contributed by atoms with Crippen LogP contribution in [-0.2, 0) is 0 Å². The molecule has 2 N–H and O–H groups in total. The number of hydrogen-bond donors (Lipinski definition) is 2. The minimum Gasteiger partial charge on any atom is -0.493 e. The van der Waals surface area contributed by atoms with Crippen molar-refractivity contribution in [2.24, 2.45) is 0 Å². The minimum absolute atomic E-state index is 0.0331. The summed E-state index contributed by atoms with van der Waals surface area (Å²) >= 11 is 0. The molecular weight excluding hydrogens is 258 g/mol. The van der Waals surface area contributed by atoms with E-state index in [1.807, 2.05) is 26.8 Å². The van der Waals surface area contributed by atoms with Crippen molar-refractivity contribution < 1.29 is 19.3 Å². The van der Waals surface area contributed by atoms with Gasteiger partial charge < -0.3 is 24.6 Å². The van der Waals surface area contributed by atoms with E-state index < -0.39 is 6.10 Å². The van der Waals surface area contributed by atoms with Crippen LogP contribution in [0.2, 0.25) is 0 Å². The van der Waals surface area contributed by atoms with Gasteiger partial charge in [0.05, 0.1) is 14.2 Å². The maximum absolute atomic E-state index is 9.90. The van der Waals surface area contributed by atoms with E-state index in [9.17, 15) is 5.11 Å². The van der Waals surface area contributed by atoms with E-state index in [0.29, 0.717) is 23.8 Å². The molecule has 0 radical (unpaired) electrons. The molecule has 1 aromatic rings. The number of methoxy groups -OCH3 is 2. The molecule has 0 fully saturated rings. The van der Waals surface area contributed by atoms with Crippen LogP contribution >= 0.6 is 0 Å². The molecule has 1 atom stereocenters. The number of hydrogen-bond acceptors (Lipinski definition) is 5. The standard InChI is InChI=1S/C15H25NO4/c1-15(2,3)16-9-11(17)10-20-13-8-6-7-12(18-4)14(13)19-5/h6-8,11,16-17H,9-10H2,1-5H3. The fourth-order valence-electron chi connectivity index (χ4n) is 1.64. The molecule has 0 spiro atoms. The quantitative estimate of drug-likeness (QED) is 0.799. The molecule has 0 aliphatic heterocycles. The molecule has 0 saturated carbocycles. The van der Waals surface area contributed by atoms with Crippen LogP contribution in [0, 0.1) is 0 Å². The summed E-state index contributed by atoms with van der Waals surface area (Å²) in [6.45, 7) is 6.80. The van der Waals surface area contributed by atoms with Gasteiger partial charge in [0.25, 0.3) is 0 Å². The second-order valence-corrected chi connectivity index (χ2v) is 5.59. The molecule has 1 aromatic carbocycles. The molecule has 0 amide bonds. The van der Waals surface area contributed by atoms with Crippen LogP contribution in [0.3, 0.4) is 0 Å². The van der Waals surface area contributed by atoms with E-state index in [1.54, 1.807) is 26.4 Å². The van der Waals surface area contributed by atoms with Gasteiger partial charge >= 0.3 is 0 Å². The molecule has 0 aromatic heterocycles. The van der Waals surface area contributed by atoms with E-state index >= 15 is 0 Å². The average molecular weight is 283 g/mol. The summed E-state index contributed by atoms with van der Waals surface area (Å²) in [5.41, 5.74) is -0.0331. The van der Waals surface area contributed by atoms with Crippen molar-refractivity contribution in [1.82, 2.24) is 5.32 Å². The molecule has 5 nitrogen and oxygen atoms in total. The summed E-state index contributed by atoms with van der Waals surface area (Å²) in [4.78, 5) is 0. The van der Waals surface area contributed by atoms with Gasteiger partial charge in [-0.1, -0.05) is 6.07 Å². The Morgan fingerprint density at radius 3 is 2.35 bits per heavy atom. The van der Waals surface area contributed by atoms with E-state index in [4.69, 9.17) is 14.2 Å². The number of ether oxygens (including phenoxy) is 3. The summed E-state index contributed by atoms with van der Waals surface area (Å²) in [5, 5.41) is 13.1. The summed E-state index contributed by atoms with van der Waals surface area (Å²) in [7, 11) is 3.13.